The number of allylic oxidation sites excluding steroid dienone is 4. The van der Waals surface area contributed by atoms with Gasteiger partial charge in [-0.3, -0.25) is 0 Å². The Morgan fingerprint density at radius 2 is 2.29 bits per heavy atom. The number of aromatic nitrogens is 1. The van der Waals surface area contributed by atoms with Gasteiger partial charge in [0, 0.05) is 30.5 Å². The second-order valence-corrected chi connectivity index (χ2v) is 4.37. The third-order valence-electron chi connectivity index (χ3n) is 3.74. The molecule has 0 radical (unpaired) electrons. The summed E-state index contributed by atoms with van der Waals surface area (Å²) >= 11 is 0. The van der Waals surface area contributed by atoms with E-state index in [0.29, 0.717) is 6.04 Å². The second-order valence-electron chi connectivity index (χ2n) is 4.37. The van der Waals surface area contributed by atoms with Crippen LogP contribution < -0.4 is 4.57 Å². The molecule has 1 nitrogen and oxygen atoms in total. The maximum Gasteiger partial charge on any atom is 0.213 e. The smallest absolute Gasteiger partial charge is 0.189 e. The molecule has 4 rings (SSSR count). The molecule has 0 spiro atoms. The predicted molar refractivity (Wildman–Crippen MR) is 54.7 cm³/mol. The standard InChI is InChI=1S/C13H12N/c1-3-9-7-8-13-11-5-2-4-10(11)12(6-1)14(9)13/h1-4,6,13H,5,7-8H2/q+1. The van der Waals surface area contributed by atoms with E-state index in [1.807, 2.05) is 0 Å². The zero-order chi connectivity index (χ0) is 9.12. The van der Waals surface area contributed by atoms with Gasteiger partial charge in [0.1, 0.15) is 0 Å². The van der Waals surface area contributed by atoms with Crippen molar-refractivity contribution in [3.8, 4) is 0 Å². The number of rotatable bonds is 0. The number of aryl methyl sites for hydroxylation is 1. The van der Waals surface area contributed by atoms with E-state index in [4.69, 9.17) is 0 Å². The van der Waals surface area contributed by atoms with Crippen LogP contribution in [-0.2, 0) is 6.42 Å². The van der Waals surface area contributed by atoms with Gasteiger partial charge in [-0.25, -0.2) is 0 Å². The molecule has 0 N–H and O–H groups in total. The molecule has 1 heteroatoms. The third kappa shape index (κ3) is 0.628. The maximum atomic E-state index is 2.55. The van der Waals surface area contributed by atoms with Crippen molar-refractivity contribution in [3.63, 3.8) is 0 Å². The molecule has 3 heterocycles. The van der Waals surface area contributed by atoms with Gasteiger partial charge < -0.3 is 0 Å². The van der Waals surface area contributed by atoms with Gasteiger partial charge in [0.2, 0.25) is 5.69 Å². The first-order valence-electron chi connectivity index (χ1n) is 5.38. The molecule has 0 amide bonds. The Hall–Kier alpha value is -1.37. The van der Waals surface area contributed by atoms with E-state index in [-0.39, 0.29) is 0 Å². The molecule has 68 valence electrons. The Morgan fingerprint density at radius 3 is 3.29 bits per heavy atom. The summed E-state index contributed by atoms with van der Waals surface area (Å²) < 4.78 is 2.55. The first kappa shape index (κ1) is 6.99. The van der Waals surface area contributed by atoms with E-state index < -0.39 is 0 Å². The van der Waals surface area contributed by atoms with Crippen molar-refractivity contribution in [2.24, 2.45) is 0 Å². The van der Waals surface area contributed by atoms with E-state index in [0.717, 1.165) is 0 Å². The number of hydrogen-bond donors (Lipinski definition) is 0. The van der Waals surface area contributed by atoms with E-state index in [1.54, 1.807) is 5.57 Å². The number of fused-ring (bicyclic) bond motifs is 2. The van der Waals surface area contributed by atoms with E-state index in [1.165, 1.54) is 36.2 Å². The Labute approximate surface area is 83.4 Å². The summed E-state index contributed by atoms with van der Waals surface area (Å²) in [5, 5.41) is 0. The van der Waals surface area contributed by atoms with Crippen molar-refractivity contribution < 1.29 is 4.57 Å². The van der Waals surface area contributed by atoms with Gasteiger partial charge in [0.05, 0.1) is 5.57 Å². The Bertz CT molecular complexity index is 494. The lowest BCUT2D eigenvalue weighted by Crippen LogP contribution is -2.38. The minimum absolute atomic E-state index is 0.700. The lowest BCUT2D eigenvalue weighted by atomic mass is 10.0. The van der Waals surface area contributed by atoms with Crippen molar-refractivity contribution in [2.75, 3.05) is 0 Å². The molecule has 1 aliphatic carbocycles. The van der Waals surface area contributed by atoms with Crippen molar-refractivity contribution in [1.29, 1.82) is 0 Å². The first-order valence-corrected chi connectivity index (χ1v) is 5.38. The van der Waals surface area contributed by atoms with E-state index in [9.17, 15) is 0 Å². The number of hydrogen-bond acceptors (Lipinski definition) is 0. The summed E-state index contributed by atoms with van der Waals surface area (Å²) in [6.07, 6.45) is 8.36. The molecular weight excluding hydrogens is 170 g/mol. The van der Waals surface area contributed by atoms with Gasteiger partial charge in [-0.2, -0.15) is 4.57 Å². The molecule has 0 aromatic carbocycles. The highest BCUT2D eigenvalue weighted by Crippen LogP contribution is 2.42. The first-order chi connectivity index (χ1) is 6.95. The fourth-order valence-electron chi connectivity index (χ4n) is 3.19. The molecule has 1 aromatic heterocycles. The van der Waals surface area contributed by atoms with Gasteiger partial charge in [0.25, 0.3) is 0 Å². The Balaban J connectivity index is 2.09. The lowest BCUT2D eigenvalue weighted by Gasteiger charge is -2.02. The third-order valence-corrected chi connectivity index (χ3v) is 3.74. The maximum absolute atomic E-state index is 2.55. The molecule has 2 aliphatic heterocycles. The van der Waals surface area contributed by atoms with Crippen LogP contribution in [-0.4, -0.2) is 0 Å². The topological polar surface area (TPSA) is 3.88 Å². The molecule has 1 aromatic rings. The molecule has 0 fully saturated rings. The van der Waals surface area contributed by atoms with Crippen LogP contribution in [0, 0.1) is 0 Å². The quantitative estimate of drug-likeness (QED) is 0.541. The van der Waals surface area contributed by atoms with Crippen LogP contribution in [0.3, 0.4) is 0 Å². The second kappa shape index (κ2) is 2.17. The summed E-state index contributed by atoms with van der Waals surface area (Å²) in [5.74, 6) is 0. The van der Waals surface area contributed by atoms with Crippen LogP contribution in [0.2, 0.25) is 0 Å². The van der Waals surface area contributed by atoms with Gasteiger partial charge in [-0.15, -0.1) is 0 Å². The monoisotopic (exact) mass is 182 g/mol. The molecule has 0 bridgehead atoms. The number of nitrogens with zero attached hydrogens (tertiary/aromatic N) is 1. The average Bonchev–Trinajstić information content (AvgIpc) is 2.87. The van der Waals surface area contributed by atoms with E-state index in [2.05, 4.69) is 34.9 Å². The summed E-state index contributed by atoms with van der Waals surface area (Å²) in [6.45, 7) is 0. The van der Waals surface area contributed by atoms with Crippen LogP contribution in [0.25, 0.3) is 5.57 Å². The van der Waals surface area contributed by atoms with Crippen molar-refractivity contribution in [3.05, 3.63) is 47.3 Å². The minimum Gasteiger partial charge on any atom is -0.189 e. The minimum atomic E-state index is 0.700. The van der Waals surface area contributed by atoms with Crippen LogP contribution in [0.15, 0.2) is 35.9 Å². The van der Waals surface area contributed by atoms with Crippen LogP contribution in [0.1, 0.15) is 30.3 Å². The fraction of sp³-hybridized carbons (Fsp3) is 0.308. The van der Waals surface area contributed by atoms with Crippen molar-refractivity contribution in [1.82, 2.24) is 0 Å². The summed E-state index contributed by atoms with van der Waals surface area (Å²) in [7, 11) is 0. The Morgan fingerprint density at radius 1 is 1.29 bits per heavy atom. The van der Waals surface area contributed by atoms with Crippen LogP contribution in [0.5, 0.6) is 0 Å². The lowest BCUT2D eigenvalue weighted by molar-refractivity contribution is -0.705. The normalized spacial score (nSPS) is 25.9. The SMILES string of the molecule is C1=CC2=C(C1)C1CCc3cccc2[n+]31. The highest BCUT2D eigenvalue weighted by molar-refractivity contribution is 5.78. The molecule has 3 aliphatic rings. The van der Waals surface area contributed by atoms with Crippen LogP contribution in [0.4, 0.5) is 0 Å². The summed E-state index contributed by atoms with van der Waals surface area (Å²) in [6, 6.07) is 7.44. The molecule has 0 saturated carbocycles. The van der Waals surface area contributed by atoms with Crippen molar-refractivity contribution >= 4 is 5.57 Å². The van der Waals surface area contributed by atoms with Crippen LogP contribution >= 0.6 is 0 Å². The zero-order valence-corrected chi connectivity index (χ0v) is 8.03. The predicted octanol–water partition coefficient (Wildman–Crippen LogP) is 2.19. The highest BCUT2D eigenvalue weighted by Gasteiger charge is 2.44. The van der Waals surface area contributed by atoms with Gasteiger partial charge in [0.15, 0.2) is 11.7 Å². The largest absolute Gasteiger partial charge is 0.213 e. The average molecular weight is 182 g/mol. The number of pyridine rings is 1. The van der Waals surface area contributed by atoms with Crippen molar-refractivity contribution in [2.45, 2.75) is 25.3 Å². The molecule has 14 heavy (non-hydrogen) atoms. The highest BCUT2D eigenvalue weighted by atomic mass is 15.1. The Kier molecular flexibility index (Phi) is 1.08. The fourth-order valence-corrected chi connectivity index (χ4v) is 3.19. The molecular formula is C13H12N+. The summed E-state index contributed by atoms with van der Waals surface area (Å²) in [4.78, 5) is 0. The zero-order valence-electron chi connectivity index (χ0n) is 8.03. The molecule has 1 atom stereocenters. The molecule has 1 unspecified atom stereocenters. The van der Waals surface area contributed by atoms with Gasteiger partial charge in [-0.1, -0.05) is 12.2 Å². The summed E-state index contributed by atoms with van der Waals surface area (Å²) in [5.41, 5.74) is 6.15. The van der Waals surface area contributed by atoms with E-state index >= 15 is 0 Å². The van der Waals surface area contributed by atoms with Gasteiger partial charge >= 0.3 is 0 Å². The van der Waals surface area contributed by atoms with Gasteiger partial charge in [-0.05, 0) is 12.5 Å². The molecule has 0 saturated heterocycles.